The van der Waals surface area contributed by atoms with E-state index in [1.54, 1.807) is 29.0 Å². The first-order valence-electron chi connectivity index (χ1n) is 11.1. The molecule has 2 N–H and O–H groups in total. The van der Waals surface area contributed by atoms with E-state index in [1.165, 1.54) is 25.3 Å². The largest absolute Gasteiger partial charge is 0.506 e. The van der Waals surface area contributed by atoms with E-state index in [1.807, 2.05) is 0 Å². The molecule has 1 aliphatic rings. The van der Waals surface area contributed by atoms with Crippen LogP contribution in [0.4, 0.5) is 20.3 Å². The molecule has 0 radical (unpaired) electrons. The second kappa shape index (κ2) is 13.2. The van der Waals surface area contributed by atoms with Gasteiger partial charge in [0.2, 0.25) is 0 Å². The summed E-state index contributed by atoms with van der Waals surface area (Å²) in [6.45, 7) is 15.5. The number of nitrogens with two attached hydrogens (primary N) is 1. The van der Waals surface area contributed by atoms with Crippen molar-refractivity contribution in [3.05, 3.63) is 91.1 Å². The molecule has 0 atom stereocenters. The summed E-state index contributed by atoms with van der Waals surface area (Å²) in [5.74, 6) is -0.467. The third kappa shape index (κ3) is 6.38. The van der Waals surface area contributed by atoms with Gasteiger partial charge in [0.1, 0.15) is 28.9 Å². The molecule has 8 nitrogen and oxygen atoms in total. The number of ether oxygens (including phenoxy) is 2. The van der Waals surface area contributed by atoms with Crippen LogP contribution in [0, 0.1) is 36.1 Å². The van der Waals surface area contributed by atoms with Crippen LogP contribution in [0.15, 0.2) is 51.0 Å². The molecule has 0 aliphatic carbocycles. The van der Waals surface area contributed by atoms with Gasteiger partial charge in [-0.2, -0.15) is 5.10 Å². The number of halogens is 4. The summed E-state index contributed by atoms with van der Waals surface area (Å²) in [6.07, 6.45) is 1.61. The smallest absolute Gasteiger partial charge is 0.303 e. The predicted molar refractivity (Wildman–Crippen MR) is 145 cm³/mol. The normalized spacial score (nSPS) is 13.7. The summed E-state index contributed by atoms with van der Waals surface area (Å²) in [5.41, 5.74) is 7.49. The molecule has 1 aliphatic heterocycles. The van der Waals surface area contributed by atoms with E-state index in [9.17, 15) is 8.78 Å². The van der Waals surface area contributed by atoms with Crippen LogP contribution in [0.3, 0.4) is 0 Å². The molecule has 2 heterocycles. The SMILES string of the molecule is [C-]#[N+]/C(C#N)=C(/OC)c1ccc(Br)c(F)c1.[C-]#[N+]c1c(-c2ccc(Br)c(F)c2)nn(C2CCOCC2)c1N. The van der Waals surface area contributed by atoms with Gasteiger partial charge in [-0.05, 0) is 74.5 Å². The average Bonchev–Trinajstić information content (AvgIpc) is 3.27. The maximum atomic E-state index is 13.8. The van der Waals surface area contributed by atoms with Crippen LogP contribution in [0.5, 0.6) is 0 Å². The monoisotopic (exact) mass is 644 g/mol. The van der Waals surface area contributed by atoms with Crippen molar-refractivity contribution in [2.75, 3.05) is 26.1 Å². The van der Waals surface area contributed by atoms with Crippen LogP contribution in [0.2, 0.25) is 0 Å². The zero-order valence-corrected chi connectivity index (χ0v) is 23.2. The quantitative estimate of drug-likeness (QED) is 0.183. The number of methoxy groups -OCH3 is 1. The van der Waals surface area contributed by atoms with Gasteiger partial charge < -0.3 is 15.2 Å². The number of hydrogen-bond donors (Lipinski definition) is 1. The van der Waals surface area contributed by atoms with Crippen molar-refractivity contribution in [1.82, 2.24) is 9.78 Å². The summed E-state index contributed by atoms with van der Waals surface area (Å²) in [7, 11) is 1.33. The number of aromatic nitrogens is 2. The topological polar surface area (TPSA) is 94.8 Å². The molecule has 1 aromatic heterocycles. The minimum absolute atomic E-state index is 0.0731. The first kappa shape index (κ1) is 28.8. The first-order valence-corrected chi connectivity index (χ1v) is 12.6. The minimum atomic E-state index is -0.477. The first-order chi connectivity index (χ1) is 18.2. The van der Waals surface area contributed by atoms with Crippen LogP contribution in [0.25, 0.3) is 26.7 Å². The van der Waals surface area contributed by atoms with Crippen molar-refractivity contribution in [3.8, 4) is 17.3 Å². The van der Waals surface area contributed by atoms with Gasteiger partial charge in [-0.3, -0.25) is 4.68 Å². The Hall–Kier alpha value is -3.76. The third-order valence-electron chi connectivity index (χ3n) is 5.58. The molecule has 0 bridgehead atoms. The van der Waals surface area contributed by atoms with Crippen molar-refractivity contribution >= 4 is 49.1 Å². The fourth-order valence-corrected chi connectivity index (χ4v) is 4.20. The van der Waals surface area contributed by atoms with Crippen LogP contribution < -0.4 is 5.73 Å². The van der Waals surface area contributed by atoms with E-state index in [0.29, 0.717) is 44.8 Å². The molecule has 4 rings (SSSR count). The molecule has 1 fully saturated rings. The molecular formula is C26H20Br2F2N6O2. The van der Waals surface area contributed by atoms with Crippen LogP contribution in [-0.2, 0) is 9.47 Å². The van der Waals surface area contributed by atoms with Crippen molar-refractivity contribution in [2.24, 2.45) is 0 Å². The summed E-state index contributed by atoms with van der Waals surface area (Å²) in [4.78, 5) is 6.51. The molecule has 0 spiro atoms. The lowest BCUT2D eigenvalue weighted by Gasteiger charge is -2.23. The second-order valence-electron chi connectivity index (χ2n) is 7.85. The minimum Gasteiger partial charge on any atom is -0.506 e. The van der Waals surface area contributed by atoms with Crippen molar-refractivity contribution in [3.63, 3.8) is 0 Å². The molecule has 12 heteroatoms. The molecule has 2 aromatic carbocycles. The van der Waals surface area contributed by atoms with Gasteiger partial charge >= 0.3 is 5.70 Å². The Kier molecular flexibility index (Phi) is 9.98. The zero-order valence-electron chi connectivity index (χ0n) is 20.0. The average molecular weight is 646 g/mol. The van der Waals surface area contributed by atoms with Gasteiger partial charge in [-0.1, -0.05) is 12.1 Å². The van der Waals surface area contributed by atoms with E-state index in [-0.39, 0.29) is 23.2 Å². The number of anilines is 1. The Morgan fingerprint density at radius 2 is 1.79 bits per heavy atom. The Balaban J connectivity index is 0.000000223. The van der Waals surface area contributed by atoms with Gasteiger partial charge in [-0.25, -0.2) is 23.7 Å². The maximum Gasteiger partial charge on any atom is 0.303 e. The molecule has 1 saturated heterocycles. The predicted octanol–water partition coefficient (Wildman–Crippen LogP) is 7.28. The van der Waals surface area contributed by atoms with Crippen molar-refractivity contribution < 1.29 is 18.3 Å². The van der Waals surface area contributed by atoms with Gasteiger partial charge in [-0.15, -0.1) is 0 Å². The fraction of sp³-hybridized carbons (Fsp3) is 0.231. The molecule has 38 heavy (non-hydrogen) atoms. The lowest BCUT2D eigenvalue weighted by Crippen LogP contribution is -2.21. The lowest BCUT2D eigenvalue weighted by atomic mass is 10.1. The Morgan fingerprint density at radius 1 is 1.16 bits per heavy atom. The van der Waals surface area contributed by atoms with Gasteiger partial charge in [0, 0.05) is 18.8 Å². The van der Waals surface area contributed by atoms with E-state index >= 15 is 0 Å². The highest BCUT2D eigenvalue weighted by Gasteiger charge is 2.24. The molecular weight excluding hydrogens is 626 g/mol. The highest BCUT2D eigenvalue weighted by molar-refractivity contribution is 9.10. The summed E-state index contributed by atoms with van der Waals surface area (Å²) in [5, 5.41) is 13.2. The highest BCUT2D eigenvalue weighted by Crippen LogP contribution is 2.38. The van der Waals surface area contributed by atoms with Crippen LogP contribution in [0.1, 0.15) is 24.4 Å². The number of nitrogens with zero attached hydrogens (tertiary/aromatic N) is 5. The summed E-state index contributed by atoms with van der Waals surface area (Å²) >= 11 is 6.13. The van der Waals surface area contributed by atoms with Crippen LogP contribution in [-0.4, -0.2) is 30.1 Å². The van der Waals surface area contributed by atoms with Crippen molar-refractivity contribution in [1.29, 1.82) is 5.26 Å². The maximum absolute atomic E-state index is 13.8. The molecule has 0 saturated carbocycles. The molecule has 194 valence electrons. The van der Waals surface area contributed by atoms with Gasteiger partial charge in [0.15, 0.2) is 0 Å². The Labute approximate surface area is 235 Å². The highest BCUT2D eigenvalue weighted by atomic mass is 79.9. The summed E-state index contributed by atoms with van der Waals surface area (Å²) in [6, 6.07) is 10.7. The number of nitrogen functional groups attached to an aromatic ring is 1. The third-order valence-corrected chi connectivity index (χ3v) is 6.87. The van der Waals surface area contributed by atoms with Gasteiger partial charge in [0.05, 0.1) is 41.3 Å². The fourth-order valence-electron chi connectivity index (χ4n) is 3.71. The van der Waals surface area contributed by atoms with Crippen LogP contribution >= 0.6 is 31.9 Å². The van der Waals surface area contributed by atoms with Gasteiger partial charge in [0.25, 0.3) is 5.69 Å². The molecule has 0 amide bonds. The molecule has 3 aromatic rings. The Bertz CT molecular complexity index is 1480. The Morgan fingerprint density at radius 3 is 2.32 bits per heavy atom. The second-order valence-corrected chi connectivity index (χ2v) is 9.55. The zero-order chi connectivity index (χ0) is 27.8. The van der Waals surface area contributed by atoms with E-state index in [4.69, 9.17) is 33.6 Å². The standard InChI is InChI=1S/C15H14BrFN4O.C11H6BrFN2O/c1-19-14-13(9-2-3-11(16)12(17)8-9)20-21(15(14)18)10-4-6-22-7-5-10;1-15-10(6-14)11(16-2)7-3-4-8(12)9(13)5-7/h2-3,8,10H,4-7,18H2;3-5H,2H3/b;11-10+. The number of nitriles is 1. The number of benzene rings is 2. The number of allylic oxidation sites excluding steroid dienone is 1. The van der Waals surface area contributed by atoms with Crippen molar-refractivity contribution in [2.45, 2.75) is 18.9 Å². The van der Waals surface area contributed by atoms with E-state index < -0.39 is 11.6 Å². The molecule has 0 unspecified atom stereocenters. The van der Waals surface area contributed by atoms with E-state index in [0.717, 1.165) is 12.8 Å². The van der Waals surface area contributed by atoms with E-state index in [2.05, 4.69) is 46.6 Å². The lowest BCUT2D eigenvalue weighted by molar-refractivity contribution is 0.0669. The number of rotatable bonds is 4. The summed E-state index contributed by atoms with van der Waals surface area (Å²) < 4.78 is 39.7. The number of hydrogen-bond acceptors (Lipinski definition) is 5.